The minimum absolute atomic E-state index is 0.00603. The van der Waals surface area contributed by atoms with Crippen LogP contribution < -0.4 is 10.1 Å². The molecule has 8 nitrogen and oxygen atoms in total. The zero-order valence-corrected chi connectivity index (χ0v) is 19.7. The lowest BCUT2D eigenvalue weighted by Gasteiger charge is -2.19. The van der Waals surface area contributed by atoms with Crippen LogP contribution in [0.15, 0.2) is 48.8 Å². The monoisotopic (exact) mass is 491 g/mol. The van der Waals surface area contributed by atoms with E-state index in [1.54, 1.807) is 6.20 Å². The van der Waals surface area contributed by atoms with E-state index in [0.717, 1.165) is 17.3 Å². The van der Waals surface area contributed by atoms with Gasteiger partial charge in [0.05, 0.1) is 37.7 Å². The van der Waals surface area contributed by atoms with Gasteiger partial charge in [-0.2, -0.15) is 13.2 Å². The Hall–Kier alpha value is -3.47. The van der Waals surface area contributed by atoms with Crippen molar-refractivity contribution in [2.45, 2.75) is 51.4 Å². The first-order chi connectivity index (χ1) is 16.4. The number of alkyl halides is 3. The topological polar surface area (TPSA) is 102 Å². The molecule has 0 spiro atoms. The smallest absolute Gasteiger partial charge is 0.422 e. The number of carbonyl (C=O) groups is 1. The fourth-order valence-electron chi connectivity index (χ4n) is 3.29. The molecular weight excluding hydrogens is 463 g/mol. The molecule has 11 heteroatoms. The molecule has 3 aromatic rings. The second-order valence-corrected chi connectivity index (χ2v) is 9.08. The maximum Gasteiger partial charge on any atom is 0.422 e. The Morgan fingerprint density at radius 2 is 1.83 bits per heavy atom. The highest BCUT2D eigenvalue weighted by atomic mass is 19.4. The van der Waals surface area contributed by atoms with E-state index in [0.29, 0.717) is 11.4 Å². The molecule has 1 atom stereocenters. The molecule has 35 heavy (non-hydrogen) atoms. The summed E-state index contributed by atoms with van der Waals surface area (Å²) in [5.74, 6) is -0.353. The summed E-state index contributed by atoms with van der Waals surface area (Å²) in [5, 5.41) is 20.0. The molecule has 2 heterocycles. The fourth-order valence-corrected chi connectivity index (χ4v) is 3.29. The van der Waals surface area contributed by atoms with Gasteiger partial charge >= 0.3 is 6.18 Å². The van der Waals surface area contributed by atoms with Crippen molar-refractivity contribution in [3.63, 3.8) is 0 Å². The molecule has 1 amide bonds. The van der Waals surface area contributed by atoms with Gasteiger partial charge in [0.25, 0.3) is 0 Å². The van der Waals surface area contributed by atoms with Gasteiger partial charge in [0, 0.05) is 0 Å². The van der Waals surface area contributed by atoms with Gasteiger partial charge in [-0.15, -0.1) is 5.10 Å². The summed E-state index contributed by atoms with van der Waals surface area (Å²) >= 11 is 0. The van der Waals surface area contributed by atoms with Gasteiger partial charge in [0.2, 0.25) is 5.91 Å². The molecule has 0 aliphatic carbocycles. The van der Waals surface area contributed by atoms with Crippen LogP contribution in [-0.4, -0.2) is 50.4 Å². The van der Waals surface area contributed by atoms with E-state index in [9.17, 15) is 18.0 Å². The van der Waals surface area contributed by atoms with Crippen LogP contribution in [0.25, 0.3) is 0 Å². The number of ether oxygens (including phenoxy) is 1. The molecule has 2 aromatic heterocycles. The molecule has 0 aliphatic heterocycles. The molecule has 0 fully saturated rings. The van der Waals surface area contributed by atoms with Crippen LogP contribution >= 0.6 is 0 Å². The number of nitrogens with zero attached hydrogens (tertiary/aromatic N) is 4. The number of aliphatic hydroxyl groups excluding tert-OH is 1. The van der Waals surface area contributed by atoms with Crippen LogP contribution in [-0.2, 0) is 23.2 Å². The van der Waals surface area contributed by atoms with Crippen molar-refractivity contribution >= 4 is 5.91 Å². The molecule has 0 unspecified atom stereocenters. The van der Waals surface area contributed by atoms with Gasteiger partial charge in [-0.1, -0.05) is 50.3 Å². The lowest BCUT2D eigenvalue weighted by Crippen LogP contribution is -2.31. The van der Waals surface area contributed by atoms with E-state index in [1.807, 2.05) is 24.3 Å². The molecule has 0 radical (unpaired) electrons. The number of hydrogen-bond acceptors (Lipinski definition) is 6. The third kappa shape index (κ3) is 7.78. The minimum atomic E-state index is -4.47. The van der Waals surface area contributed by atoms with E-state index in [1.165, 1.54) is 16.8 Å². The fraction of sp³-hybridized carbons (Fsp3) is 0.417. The minimum Gasteiger partial charge on any atom is -0.483 e. The Labute approximate surface area is 201 Å². The molecule has 0 saturated carbocycles. The lowest BCUT2D eigenvalue weighted by atomic mass is 9.86. The van der Waals surface area contributed by atoms with Crippen LogP contribution in [0.2, 0.25) is 0 Å². The number of amides is 1. The number of hydrogen-bond donors (Lipinski definition) is 2. The average molecular weight is 492 g/mol. The molecule has 188 valence electrons. The van der Waals surface area contributed by atoms with E-state index < -0.39 is 18.8 Å². The van der Waals surface area contributed by atoms with Gasteiger partial charge in [-0.3, -0.25) is 9.78 Å². The van der Waals surface area contributed by atoms with Crippen molar-refractivity contribution in [2.75, 3.05) is 13.2 Å². The van der Waals surface area contributed by atoms with Crippen LogP contribution in [0.3, 0.4) is 0 Å². The van der Waals surface area contributed by atoms with Crippen molar-refractivity contribution in [3.8, 4) is 5.75 Å². The Bertz CT molecular complexity index is 1110. The number of nitrogens with one attached hydrogen (secondary N) is 1. The maximum absolute atomic E-state index is 12.9. The predicted octanol–water partition coefficient (Wildman–Crippen LogP) is 3.35. The molecule has 1 aromatic carbocycles. The van der Waals surface area contributed by atoms with Gasteiger partial charge in [-0.05, 0) is 28.7 Å². The van der Waals surface area contributed by atoms with Gasteiger partial charge < -0.3 is 15.2 Å². The van der Waals surface area contributed by atoms with Crippen LogP contribution in [0.4, 0.5) is 13.2 Å². The summed E-state index contributed by atoms with van der Waals surface area (Å²) in [6.45, 7) is 4.96. The quantitative estimate of drug-likeness (QED) is 0.476. The Kier molecular flexibility index (Phi) is 8.11. The number of aliphatic hydroxyl groups is 1. The summed E-state index contributed by atoms with van der Waals surface area (Å²) in [5.41, 5.74) is 2.68. The van der Waals surface area contributed by atoms with Crippen molar-refractivity contribution in [2.24, 2.45) is 0 Å². The average Bonchev–Trinajstić information content (AvgIpc) is 3.24. The standard InChI is InChI=1S/C24H28F3N5O3/c1-23(2,3)17-6-4-16(5-7-17)12-21(34)29-22(20-14-32(10-11-33)31-30-20)19-9-8-18(13-28-19)35-15-24(25,26)27/h4-9,13-14,22,33H,10-12,15H2,1-3H3,(H,29,34)/t22-/m0/s1. The van der Waals surface area contributed by atoms with Crippen molar-refractivity contribution < 1.29 is 27.8 Å². The predicted molar refractivity (Wildman–Crippen MR) is 122 cm³/mol. The number of rotatable bonds is 9. The third-order valence-electron chi connectivity index (χ3n) is 5.13. The Morgan fingerprint density at radius 1 is 1.11 bits per heavy atom. The Balaban J connectivity index is 1.77. The number of pyridine rings is 1. The van der Waals surface area contributed by atoms with Gasteiger partial charge in [0.15, 0.2) is 6.61 Å². The molecule has 0 aliphatic rings. The molecule has 0 saturated heterocycles. The molecule has 2 N–H and O–H groups in total. The van der Waals surface area contributed by atoms with E-state index in [4.69, 9.17) is 9.84 Å². The molecule has 3 rings (SSSR count). The summed E-state index contributed by atoms with van der Waals surface area (Å²) in [4.78, 5) is 17.1. The molecular formula is C24H28F3N5O3. The summed E-state index contributed by atoms with van der Waals surface area (Å²) in [6, 6.07) is 9.77. The van der Waals surface area contributed by atoms with Gasteiger partial charge in [-0.25, -0.2) is 4.68 Å². The highest BCUT2D eigenvalue weighted by Crippen LogP contribution is 2.24. The SMILES string of the molecule is CC(C)(C)c1ccc(CC(=O)N[C@@H](c2ccc(OCC(F)(F)F)cn2)c2cn(CCO)nn2)cc1. The number of carbonyl (C=O) groups excluding carboxylic acids is 1. The first kappa shape index (κ1) is 26.1. The number of aromatic nitrogens is 4. The van der Waals surface area contributed by atoms with Crippen LogP contribution in [0.1, 0.15) is 49.3 Å². The first-order valence-corrected chi connectivity index (χ1v) is 11.0. The second-order valence-electron chi connectivity index (χ2n) is 9.08. The number of benzene rings is 1. The zero-order valence-electron chi connectivity index (χ0n) is 19.7. The highest BCUT2D eigenvalue weighted by Gasteiger charge is 2.28. The second kappa shape index (κ2) is 10.9. The summed E-state index contributed by atoms with van der Waals surface area (Å²) in [7, 11) is 0. The largest absolute Gasteiger partial charge is 0.483 e. The van der Waals surface area contributed by atoms with Crippen LogP contribution in [0.5, 0.6) is 5.75 Å². The summed E-state index contributed by atoms with van der Waals surface area (Å²) in [6.07, 6.45) is -1.64. The lowest BCUT2D eigenvalue weighted by molar-refractivity contribution is -0.153. The normalized spacial score (nSPS) is 12.9. The Morgan fingerprint density at radius 3 is 2.40 bits per heavy atom. The van der Waals surface area contributed by atoms with Gasteiger partial charge in [0.1, 0.15) is 17.5 Å². The van der Waals surface area contributed by atoms with E-state index >= 15 is 0 Å². The van der Waals surface area contributed by atoms with Crippen molar-refractivity contribution in [1.29, 1.82) is 0 Å². The van der Waals surface area contributed by atoms with Crippen molar-refractivity contribution in [3.05, 3.63) is 71.3 Å². The van der Waals surface area contributed by atoms with E-state index in [-0.39, 0.29) is 36.6 Å². The van der Waals surface area contributed by atoms with Crippen LogP contribution in [0, 0.1) is 0 Å². The van der Waals surface area contributed by atoms with E-state index in [2.05, 4.69) is 41.4 Å². The summed E-state index contributed by atoms with van der Waals surface area (Å²) < 4.78 is 43.4. The van der Waals surface area contributed by atoms with Crippen molar-refractivity contribution in [1.82, 2.24) is 25.3 Å². The maximum atomic E-state index is 12.9. The highest BCUT2D eigenvalue weighted by molar-refractivity contribution is 5.79. The zero-order chi connectivity index (χ0) is 25.6. The number of halogens is 3. The third-order valence-corrected chi connectivity index (χ3v) is 5.13. The molecule has 0 bridgehead atoms. The first-order valence-electron chi connectivity index (χ1n) is 11.0.